The molecule has 0 aliphatic heterocycles. The van der Waals surface area contributed by atoms with Crippen molar-refractivity contribution < 1.29 is 24.6 Å². The summed E-state index contributed by atoms with van der Waals surface area (Å²) in [7, 11) is 1.78. The molecule has 0 fully saturated rings. The number of carbonyl (C=O) groups is 3. The van der Waals surface area contributed by atoms with Crippen molar-refractivity contribution in [2.45, 2.75) is 31.8 Å². The van der Waals surface area contributed by atoms with Crippen molar-refractivity contribution in [3.05, 3.63) is 52.1 Å². The van der Waals surface area contributed by atoms with Crippen LogP contribution in [-0.2, 0) is 9.59 Å². The average Bonchev–Trinajstić information content (AvgIpc) is 2.82. The number of benzene rings is 1. The summed E-state index contributed by atoms with van der Waals surface area (Å²) in [4.78, 5) is 63.7. The van der Waals surface area contributed by atoms with Gasteiger partial charge >= 0.3 is 11.9 Å². The topological polar surface area (TPSA) is 222 Å². The number of nitrogens with two attached hydrogens (primary N) is 2. The van der Waals surface area contributed by atoms with E-state index in [1.807, 2.05) is 11.8 Å². The lowest BCUT2D eigenvalue weighted by molar-refractivity contribution is -0.143. The van der Waals surface area contributed by atoms with Gasteiger partial charge in [-0.15, -0.1) is 0 Å². The summed E-state index contributed by atoms with van der Waals surface area (Å²) in [5.74, 6) is 2.29. The Bertz CT molecular complexity index is 1330. The van der Waals surface area contributed by atoms with Crippen molar-refractivity contribution in [2.75, 3.05) is 17.7 Å². The molecule has 2 heterocycles. The van der Waals surface area contributed by atoms with Crippen LogP contribution in [-0.4, -0.2) is 66.1 Å². The van der Waals surface area contributed by atoms with Crippen molar-refractivity contribution >= 4 is 40.6 Å². The molecular formula is C21H24N8O6. The number of hydrogen-bond acceptors (Lipinski definition) is 10. The molecule has 14 nitrogen and oxygen atoms in total. The first-order chi connectivity index (χ1) is 16.5. The van der Waals surface area contributed by atoms with Crippen LogP contribution in [0, 0.1) is 0 Å². The minimum Gasteiger partial charge on any atom is -0.481 e. The van der Waals surface area contributed by atoms with E-state index in [9.17, 15) is 24.3 Å². The van der Waals surface area contributed by atoms with Crippen LogP contribution >= 0.6 is 0 Å². The maximum Gasteiger partial charge on any atom is 0.328 e. The number of nitrogen functional groups attached to an aromatic ring is 1. The number of nitrogens with zero attached hydrogens (tertiary/aromatic N) is 5. The third kappa shape index (κ3) is 5.50. The van der Waals surface area contributed by atoms with Crippen molar-refractivity contribution in [1.29, 1.82) is 0 Å². The van der Waals surface area contributed by atoms with Gasteiger partial charge in [0, 0.05) is 24.7 Å². The number of aromatic amines is 1. The number of fused-ring (bicyclic) bond motifs is 1. The summed E-state index contributed by atoms with van der Waals surface area (Å²) in [6, 6.07) is 4.40. The molecule has 0 saturated carbocycles. The number of hydrogen-bond donors (Lipinski definition) is 5. The van der Waals surface area contributed by atoms with E-state index in [2.05, 4.69) is 19.9 Å². The summed E-state index contributed by atoms with van der Waals surface area (Å²) in [5, 5.41) is 18.6. The van der Waals surface area contributed by atoms with Crippen molar-refractivity contribution in [1.82, 2.24) is 24.9 Å². The van der Waals surface area contributed by atoms with Gasteiger partial charge < -0.3 is 20.8 Å². The van der Waals surface area contributed by atoms with Crippen LogP contribution in [0.15, 0.2) is 35.3 Å². The first-order valence-electron chi connectivity index (χ1n) is 10.4. The smallest absolute Gasteiger partial charge is 0.328 e. The van der Waals surface area contributed by atoms with Gasteiger partial charge in [-0.25, -0.2) is 20.6 Å². The molecule has 0 aliphatic rings. The van der Waals surface area contributed by atoms with E-state index in [1.54, 1.807) is 19.2 Å². The molecule has 1 aromatic carbocycles. The number of aliphatic carboxylic acids is 2. The van der Waals surface area contributed by atoms with E-state index in [1.165, 1.54) is 18.3 Å². The lowest BCUT2D eigenvalue weighted by atomic mass is 10.1. The maximum atomic E-state index is 12.7. The Labute approximate surface area is 198 Å². The zero-order valence-corrected chi connectivity index (χ0v) is 18.9. The standard InChI is InChI=1S/C21H24N8O6/c1-10(13-9-24-17-16(25-13)18(32)27-21(22)26-17)28(2)12-5-3-11(4-6-12)19(33)29(23)14(20(34)35)7-8-15(30)31/h3-6,9-10,14H,7-8,23H2,1-2H3,(H,30,31)(H,34,35)(H3,22,24,26,27,32). The van der Waals surface area contributed by atoms with E-state index in [0.29, 0.717) is 16.4 Å². The van der Waals surface area contributed by atoms with Gasteiger partial charge in [-0.05, 0) is 37.6 Å². The molecular weight excluding hydrogens is 460 g/mol. The van der Waals surface area contributed by atoms with Crippen molar-refractivity contribution in [3.63, 3.8) is 0 Å². The minimum absolute atomic E-state index is 0.0526. The molecule has 3 aromatic rings. The molecule has 7 N–H and O–H groups in total. The number of rotatable bonds is 9. The summed E-state index contributed by atoms with van der Waals surface area (Å²) in [5.41, 5.74) is 6.50. The summed E-state index contributed by atoms with van der Waals surface area (Å²) in [6.07, 6.45) is 0.707. The normalized spacial score (nSPS) is 12.7. The molecule has 1 amide bonds. The van der Waals surface area contributed by atoms with Crippen molar-refractivity contribution in [3.8, 4) is 0 Å². The second kappa shape index (κ2) is 10.1. The van der Waals surface area contributed by atoms with Crippen LogP contribution in [0.3, 0.4) is 0 Å². The predicted octanol–water partition coefficient (Wildman–Crippen LogP) is 0.127. The number of amides is 1. The molecule has 14 heteroatoms. The van der Waals surface area contributed by atoms with E-state index in [4.69, 9.17) is 16.7 Å². The monoisotopic (exact) mass is 484 g/mol. The van der Waals surface area contributed by atoms with Gasteiger partial charge in [-0.2, -0.15) is 4.98 Å². The van der Waals surface area contributed by atoms with Gasteiger partial charge in [0.2, 0.25) is 5.95 Å². The number of H-pyrrole nitrogens is 1. The molecule has 2 atom stereocenters. The number of carbonyl (C=O) groups excluding carboxylic acids is 1. The zero-order valence-electron chi connectivity index (χ0n) is 18.9. The maximum absolute atomic E-state index is 12.7. The second-order valence-electron chi connectivity index (χ2n) is 7.75. The molecule has 0 spiro atoms. The van der Waals surface area contributed by atoms with E-state index in [0.717, 1.165) is 0 Å². The van der Waals surface area contributed by atoms with Gasteiger partial charge in [0.15, 0.2) is 11.2 Å². The quantitative estimate of drug-likeness (QED) is 0.155. The molecule has 0 saturated heterocycles. The lowest BCUT2D eigenvalue weighted by Gasteiger charge is -2.27. The fraction of sp³-hybridized carbons (Fsp3) is 0.286. The molecule has 0 radical (unpaired) electrons. The Morgan fingerprint density at radius 3 is 2.40 bits per heavy atom. The van der Waals surface area contributed by atoms with Crippen LogP contribution in [0.25, 0.3) is 11.2 Å². The molecule has 35 heavy (non-hydrogen) atoms. The highest BCUT2D eigenvalue weighted by molar-refractivity contribution is 5.96. The largest absolute Gasteiger partial charge is 0.481 e. The van der Waals surface area contributed by atoms with Crippen LogP contribution in [0.1, 0.15) is 41.9 Å². The molecule has 2 aromatic heterocycles. The first-order valence-corrected chi connectivity index (χ1v) is 10.4. The number of carboxylic acid groups (broad SMARTS) is 2. The van der Waals surface area contributed by atoms with Crippen LogP contribution in [0.5, 0.6) is 0 Å². The Morgan fingerprint density at radius 1 is 1.14 bits per heavy atom. The van der Waals surface area contributed by atoms with Gasteiger partial charge in [0.25, 0.3) is 11.5 Å². The third-order valence-corrected chi connectivity index (χ3v) is 5.47. The summed E-state index contributed by atoms with van der Waals surface area (Å²) < 4.78 is 0. The van der Waals surface area contributed by atoms with Crippen LogP contribution < -0.4 is 22.0 Å². The molecule has 184 valence electrons. The van der Waals surface area contributed by atoms with E-state index < -0.39 is 35.9 Å². The molecule has 0 bridgehead atoms. The lowest BCUT2D eigenvalue weighted by Crippen LogP contribution is -2.49. The fourth-order valence-corrected chi connectivity index (χ4v) is 3.34. The highest BCUT2D eigenvalue weighted by Crippen LogP contribution is 2.25. The molecule has 3 rings (SSSR count). The van der Waals surface area contributed by atoms with Crippen molar-refractivity contribution in [2.24, 2.45) is 5.84 Å². The summed E-state index contributed by atoms with van der Waals surface area (Å²) in [6.45, 7) is 1.84. The Balaban J connectivity index is 1.78. The summed E-state index contributed by atoms with van der Waals surface area (Å²) >= 11 is 0. The van der Waals surface area contributed by atoms with Gasteiger partial charge in [0.1, 0.15) is 6.04 Å². The Morgan fingerprint density at radius 2 is 1.80 bits per heavy atom. The predicted molar refractivity (Wildman–Crippen MR) is 124 cm³/mol. The van der Waals surface area contributed by atoms with Gasteiger partial charge in [-0.1, -0.05) is 0 Å². The van der Waals surface area contributed by atoms with Gasteiger partial charge in [-0.3, -0.25) is 24.4 Å². The number of anilines is 2. The molecule has 2 unspecified atom stereocenters. The number of hydrazine groups is 1. The average molecular weight is 484 g/mol. The first kappa shape index (κ1) is 25.0. The second-order valence-corrected chi connectivity index (χ2v) is 7.75. The Hall–Kier alpha value is -4.59. The number of nitrogens with one attached hydrogen (secondary N) is 1. The SMILES string of the molecule is CC(c1cnc2nc(N)[nH]c(=O)c2n1)N(C)c1ccc(C(=O)N(N)C(CCC(=O)O)C(=O)O)cc1. The minimum atomic E-state index is -1.49. The van der Waals surface area contributed by atoms with E-state index in [-0.39, 0.29) is 35.1 Å². The van der Waals surface area contributed by atoms with Crippen LogP contribution in [0.4, 0.5) is 11.6 Å². The van der Waals surface area contributed by atoms with Gasteiger partial charge in [0.05, 0.1) is 17.9 Å². The Kier molecular flexibility index (Phi) is 7.25. The third-order valence-electron chi connectivity index (χ3n) is 5.47. The number of aromatic nitrogens is 4. The van der Waals surface area contributed by atoms with Crippen LogP contribution in [0.2, 0.25) is 0 Å². The highest BCUT2D eigenvalue weighted by Gasteiger charge is 2.29. The fourth-order valence-electron chi connectivity index (χ4n) is 3.34. The zero-order chi connectivity index (χ0) is 25.9. The van der Waals surface area contributed by atoms with E-state index >= 15 is 0 Å². The number of carboxylic acids is 2. The highest BCUT2D eigenvalue weighted by atomic mass is 16.4. The molecule has 0 aliphatic carbocycles.